The molecule has 1 aromatic carbocycles. The normalized spacial score (nSPS) is 13.1. The molecule has 0 saturated heterocycles. The fourth-order valence-electron chi connectivity index (χ4n) is 1.43. The van der Waals surface area contributed by atoms with Gasteiger partial charge in [0.15, 0.2) is 0 Å². The first kappa shape index (κ1) is 14.8. The topological polar surface area (TPSA) is 35.2 Å². The van der Waals surface area contributed by atoms with Gasteiger partial charge in [-0.05, 0) is 6.42 Å². The van der Waals surface area contributed by atoms with Crippen molar-refractivity contribution in [1.29, 1.82) is 0 Å². The van der Waals surface area contributed by atoms with Crippen LogP contribution in [0.15, 0.2) is 12.1 Å². The van der Waals surface area contributed by atoms with Crippen LogP contribution in [0.5, 0.6) is 0 Å². The smallest absolute Gasteiger partial charge is 0.261 e. The minimum atomic E-state index is -2.61. The summed E-state index contributed by atoms with van der Waals surface area (Å²) in [7, 11) is 0. The van der Waals surface area contributed by atoms with Crippen LogP contribution < -0.4 is 5.73 Å². The van der Waals surface area contributed by atoms with Gasteiger partial charge in [-0.25, -0.2) is 22.0 Å². The molecule has 7 heteroatoms. The minimum absolute atomic E-state index is 0.0494. The van der Waals surface area contributed by atoms with Crippen molar-refractivity contribution in [1.82, 2.24) is 0 Å². The van der Waals surface area contributed by atoms with Crippen LogP contribution in [0.25, 0.3) is 0 Å². The standard InChI is InChI=1S/C11H12F5NO/c12-6-3-7(13)11(8(14)4-6)9(17)1-2-18-5-10(15)16/h3-4,9-10H,1-2,5,17H2. The molecule has 0 heterocycles. The average Bonchev–Trinajstić information content (AvgIpc) is 2.22. The maximum Gasteiger partial charge on any atom is 0.261 e. The molecule has 1 atom stereocenters. The highest BCUT2D eigenvalue weighted by molar-refractivity contribution is 5.23. The predicted molar refractivity (Wildman–Crippen MR) is 54.7 cm³/mol. The molecule has 0 aliphatic rings. The van der Waals surface area contributed by atoms with Gasteiger partial charge < -0.3 is 10.5 Å². The number of benzene rings is 1. The molecule has 102 valence electrons. The predicted octanol–water partition coefficient (Wildman–Crippen LogP) is 2.78. The van der Waals surface area contributed by atoms with Crippen molar-refractivity contribution in [3.05, 3.63) is 35.1 Å². The Morgan fingerprint density at radius 1 is 1.11 bits per heavy atom. The highest BCUT2D eigenvalue weighted by Gasteiger charge is 2.18. The number of nitrogens with two attached hydrogens (primary N) is 1. The molecule has 1 unspecified atom stereocenters. The molecule has 1 rings (SSSR count). The van der Waals surface area contributed by atoms with Crippen LogP contribution in [-0.4, -0.2) is 19.6 Å². The number of alkyl halides is 2. The third kappa shape index (κ3) is 4.23. The van der Waals surface area contributed by atoms with Crippen LogP contribution in [-0.2, 0) is 4.74 Å². The Morgan fingerprint density at radius 2 is 1.67 bits per heavy atom. The lowest BCUT2D eigenvalue weighted by molar-refractivity contribution is 0.0151. The van der Waals surface area contributed by atoms with E-state index < -0.39 is 42.1 Å². The number of ether oxygens (including phenoxy) is 1. The zero-order chi connectivity index (χ0) is 13.7. The van der Waals surface area contributed by atoms with Crippen LogP contribution in [0.4, 0.5) is 22.0 Å². The molecule has 0 bridgehead atoms. The summed E-state index contributed by atoms with van der Waals surface area (Å²) in [5.41, 5.74) is 5.02. The second-order valence-electron chi connectivity index (χ2n) is 3.64. The van der Waals surface area contributed by atoms with E-state index in [4.69, 9.17) is 5.73 Å². The second kappa shape index (κ2) is 6.65. The lowest BCUT2D eigenvalue weighted by Crippen LogP contribution is -2.18. The van der Waals surface area contributed by atoms with Crippen LogP contribution in [0.2, 0.25) is 0 Å². The van der Waals surface area contributed by atoms with Crippen LogP contribution in [0.1, 0.15) is 18.0 Å². The molecule has 0 aromatic heterocycles. The van der Waals surface area contributed by atoms with Gasteiger partial charge in [-0.1, -0.05) is 0 Å². The third-order valence-electron chi connectivity index (χ3n) is 2.23. The fourth-order valence-corrected chi connectivity index (χ4v) is 1.43. The van der Waals surface area contributed by atoms with E-state index >= 15 is 0 Å². The highest BCUT2D eigenvalue weighted by Crippen LogP contribution is 2.22. The van der Waals surface area contributed by atoms with Crippen molar-refractivity contribution in [2.45, 2.75) is 18.9 Å². The molecule has 2 N–H and O–H groups in total. The van der Waals surface area contributed by atoms with Crippen molar-refractivity contribution < 1.29 is 26.7 Å². The molecule has 0 aliphatic heterocycles. The van der Waals surface area contributed by atoms with E-state index in [-0.39, 0.29) is 13.0 Å². The Bertz CT molecular complexity index is 376. The quantitative estimate of drug-likeness (QED) is 0.636. The van der Waals surface area contributed by atoms with Crippen molar-refractivity contribution in [2.75, 3.05) is 13.2 Å². The van der Waals surface area contributed by atoms with Gasteiger partial charge in [0.2, 0.25) is 0 Å². The van der Waals surface area contributed by atoms with Gasteiger partial charge >= 0.3 is 0 Å². The Balaban J connectivity index is 2.59. The Hall–Kier alpha value is -1.21. The SMILES string of the molecule is NC(CCOCC(F)F)c1c(F)cc(F)cc1F. The summed E-state index contributed by atoms with van der Waals surface area (Å²) in [6.45, 7) is -0.928. The summed E-state index contributed by atoms with van der Waals surface area (Å²) in [5.74, 6) is -3.25. The van der Waals surface area contributed by atoms with E-state index in [1.54, 1.807) is 0 Å². The maximum atomic E-state index is 13.3. The summed E-state index contributed by atoms with van der Waals surface area (Å²) in [6.07, 6.45) is -2.66. The highest BCUT2D eigenvalue weighted by atomic mass is 19.3. The van der Waals surface area contributed by atoms with Gasteiger partial charge in [-0.3, -0.25) is 0 Å². The van der Waals surface area contributed by atoms with Crippen LogP contribution in [0, 0.1) is 17.5 Å². The summed E-state index contributed by atoms with van der Waals surface area (Å²) < 4.78 is 67.2. The largest absolute Gasteiger partial charge is 0.375 e. The van der Waals surface area contributed by atoms with Crippen LogP contribution in [0.3, 0.4) is 0 Å². The lowest BCUT2D eigenvalue weighted by Gasteiger charge is -2.14. The molecule has 1 aromatic rings. The third-order valence-corrected chi connectivity index (χ3v) is 2.23. The molecule has 0 spiro atoms. The number of hydrogen-bond donors (Lipinski definition) is 1. The lowest BCUT2D eigenvalue weighted by atomic mass is 10.0. The monoisotopic (exact) mass is 269 g/mol. The maximum absolute atomic E-state index is 13.3. The Labute approximate surface area is 101 Å². The molecule has 0 fully saturated rings. The van der Waals surface area contributed by atoms with E-state index in [1.807, 2.05) is 0 Å². The van der Waals surface area contributed by atoms with Crippen molar-refractivity contribution in [3.8, 4) is 0 Å². The average molecular weight is 269 g/mol. The van der Waals surface area contributed by atoms with Gasteiger partial charge in [0.05, 0.1) is 0 Å². The van der Waals surface area contributed by atoms with Gasteiger partial charge in [0.1, 0.15) is 24.1 Å². The van der Waals surface area contributed by atoms with E-state index in [9.17, 15) is 22.0 Å². The van der Waals surface area contributed by atoms with E-state index in [0.29, 0.717) is 12.1 Å². The second-order valence-corrected chi connectivity index (χ2v) is 3.64. The van der Waals surface area contributed by atoms with E-state index in [2.05, 4.69) is 4.74 Å². The molecule has 2 nitrogen and oxygen atoms in total. The first-order valence-electron chi connectivity index (χ1n) is 5.17. The summed E-state index contributed by atoms with van der Waals surface area (Å²) in [4.78, 5) is 0. The van der Waals surface area contributed by atoms with E-state index in [1.165, 1.54) is 0 Å². The van der Waals surface area contributed by atoms with Crippen molar-refractivity contribution in [3.63, 3.8) is 0 Å². The summed E-state index contributed by atoms with van der Waals surface area (Å²) >= 11 is 0. The fraction of sp³-hybridized carbons (Fsp3) is 0.455. The molecule has 0 radical (unpaired) electrons. The van der Waals surface area contributed by atoms with Gasteiger partial charge in [0, 0.05) is 30.3 Å². The number of hydrogen-bond acceptors (Lipinski definition) is 2. The minimum Gasteiger partial charge on any atom is -0.375 e. The molecule has 0 saturated carbocycles. The van der Waals surface area contributed by atoms with Crippen molar-refractivity contribution >= 4 is 0 Å². The van der Waals surface area contributed by atoms with Gasteiger partial charge in [0.25, 0.3) is 6.43 Å². The molecule has 0 aliphatic carbocycles. The van der Waals surface area contributed by atoms with Gasteiger partial charge in [-0.15, -0.1) is 0 Å². The number of rotatable bonds is 6. The molecular weight excluding hydrogens is 257 g/mol. The molecular formula is C11H12F5NO. The zero-order valence-electron chi connectivity index (χ0n) is 9.31. The Kier molecular flexibility index (Phi) is 5.49. The molecule has 18 heavy (non-hydrogen) atoms. The zero-order valence-corrected chi connectivity index (χ0v) is 9.31. The van der Waals surface area contributed by atoms with E-state index in [0.717, 1.165) is 0 Å². The van der Waals surface area contributed by atoms with Crippen LogP contribution >= 0.6 is 0 Å². The number of halogens is 5. The summed E-state index contributed by atoms with van der Waals surface area (Å²) in [5, 5.41) is 0. The first-order chi connectivity index (χ1) is 8.41. The Morgan fingerprint density at radius 3 is 2.17 bits per heavy atom. The van der Waals surface area contributed by atoms with Gasteiger partial charge in [-0.2, -0.15) is 0 Å². The molecule has 0 amide bonds. The summed E-state index contributed by atoms with van der Waals surface area (Å²) in [6, 6.07) is -0.0559. The van der Waals surface area contributed by atoms with Crippen molar-refractivity contribution in [2.24, 2.45) is 5.73 Å². The first-order valence-corrected chi connectivity index (χ1v) is 5.17.